The van der Waals surface area contributed by atoms with Crippen molar-refractivity contribution in [3.63, 3.8) is 0 Å². The summed E-state index contributed by atoms with van der Waals surface area (Å²) in [6.45, 7) is 7.87. The van der Waals surface area contributed by atoms with Gasteiger partial charge in [-0.1, -0.05) is 42.1 Å². The second kappa shape index (κ2) is 5.24. The molecule has 2 nitrogen and oxygen atoms in total. The number of benzene rings is 1. The molecule has 1 saturated heterocycles. The van der Waals surface area contributed by atoms with Crippen LogP contribution in [0.3, 0.4) is 0 Å². The van der Waals surface area contributed by atoms with Crippen molar-refractivity contribution in [2.75, 3.05) is 13.1 Å². The van der Waals surface area contributed by atoms with E-state index in [0.717, 1.165) is 37.2 Å². The Morgan fingerprint density at radius 2 is 2.05 bits per heavy atom. The van der Waals surface area contributed by atoms with E-state index in [1.165, 1.54) is 11.1 Å². The number of piperidine rings is 1. The van der Waals surface area contributed by atoms with Crippen molar-refractivity contribution in [2.45, 2.75) is 25.2 Å². The Labute approximate surface area is 120 Å². The van der Waals surface area contributed by atoms with Crippen LogP contribution in [-0.4, -0.2) is 19.8 Å². The van der Waals surface area contributed by atoms with Gasteiger partial charge in [-0.3, -0.25) is 4.99 Å². The van der Waals surface area contributed by atoms with Crippen LogP contribution in [0.4, 0.5) is 0 Å². The Hall–Kier alpha value is -1.89. The lowest BCUT2D eigenvalue weighted by atomic mass is 9.66. The SMILES string of the molecule is C=NC1=C=C(/C=C\C)c2ccccc2C12CCNCC2. The molecule has 0 radical (unpaired) electrons. The Morgan fingerprint density at radius 3 is 2.75 bits per heavy atom. The summed E-state index contributed by atoms with van der Waals surface area (Å²) in [6, 6.07) is 8.67. The van der Waals surface area contributed by atoms with Gasteiger partial charge in [0.25, 0.3) is 0 Å². The van der Waals surface area contributed by atoms with Crippen LogP contribution in [0.1, 0.15) is 30.9 Å². The average Bonchev–Trinajstić information content (AvgIpc) is 2.51. The molecule has 102 valence electrons. The molecular weight excluding hydrogens is 244 g/mol. The van der Waals surface area contributed by atoms with E-state index in [4.69, 9.17) is 0 Å². The minimum Gasteiger partial charge on any atom is -0.317 e. The molecule has 0 unspecified atom stereocenters. The Morgan fingerprint density at radius 1 is 1.30 bits per heavy atom. The topological polar surface area (TPSA) is 24.4 Å². The Bertz CT molecular complexity index is 625. The highest BCUT2D eigenvalue weighted by Crippen LogP contribution is 2.46. The molecule has 2 heteroatoms. The fourth-order valence-electron chi connectivity index (χ4n) is 3.43. The third kappa shape index (κ3) is 1.89. The first-order valence-electron chi connectivity index (χ1n) is 7.23. The monoisotopic (exact) mass is 264 g/mol. The van der Waals surface area contributed by atoms with Crippen molar-refractivity contribution in [3.05, 3.63) is 59.0 Å². The molecule has 3 rings (SSSR count). The maximum absolute atomic E-state index is 4.33. The molecule has 1 aromatic carbocycles. The molecule has 1 aromatic rings. The molecule has 1 fully saturated rings. The molecular formula is C18H20N2. The van der Waals surface area contributed by atoms with Crippen LogP contribution in [-0.2, 0) is 5.41 Å². The molecule has 0 amide bonds. The van der Waals surface area contributed by atoms with Crippen molar-refractivity contribution in [3.8, 4) is 0 Å². The maximum Gasteiger partial charge on any atom is 0.0926 e. The van der Waals surface area contributed by atoms with Crippen LogP contribution in [0.15, 0.2) is 52.8 Å². The van der Waals surface area contributed by atoms with Crippen molar-refractivity contribution in [1.29, 1.82) is 0 Å². The van der Waals surface area contributed by atoms with Gasteiger partial charge < -0.3 is 5.32 Å². The highest BCUT2D eigenvalue weighted by Gasteiger charge is 2.41. The quantitative estimate of drug-likeness (QED) is 0.642. The van der Waals surface area contributed by atoms with Gasteiger partial charge in [0.15, 0.2) is 0 Å². The molecule has 1 heterocycles. The van der Waals surface area contributed by atoms with E-state index >= 15 is 0 Å². The molecule has 0 aromatic heterocycles. The first kappa shape index (κ1) is 13.1. The van der Waals surface area contributed by atoms with E-state index in [9.17, 15) is 0 Å². The van der Waals surface area contributed by atoms with E-state index in [-0.39, 0.29) is 5.41 Å². The standard InChI is InChI=1S/C18H20N2/c1-3-6-14-13-17(19-2)18(9-11-20-12-10-18)16-8-5-4-7-15(14)16/h3-8,20H,2,9-12H2,1H3/b6-3-. The van der Waals surface area contributed by atoms with Gasteiger partial charge in [-0.2, -0.15) is 0 Å². The van der Waals surface area contributed by atoms with Gasteiger partial charge in [-0.25, -0.2) is 0 Å². The van der Waals surface area contributed by atoms with Crippen LogP contribution in [0, 0.1) is 0 Å². The Balaban J connectivity index is 2.30. The van der Waals surface area contributed by atoms with Gasteiger partial charge in [0.2, 0.25) is 0 Å². The van der Waals surface area contributed by atoms with Gasteiger partial charge >= 0.3 is 0 Å². The first-order chi connectivity index (χ1) is 9.81. The summed E-state index contributed by atoms with van der Waals surface area (Å²) in [5.41, 5.74) is 8.31. The van der Waals surface area contributed by atoms with Gasteiger partial charge in [0.05, 0.1) is 5.70 Å². The highest BCUT2D eigenvalue weighted by atomic mass is 14.9. The van der Waals surface area contributed by atoms with Gasteiger partial charge in [0, 0.05) is 11.0 Å². The zero-order valence-electron chi connectivity index (χ0n) is 11.9. The van der Waals surface area contributed by atoms with E-state index < -0.39 is 0 Å². The molecule has 0 bridgehead atoms. The third-order valence-electron chi connectivity index (χ3n) is 4.39. The van der Waals surface area contributed by atoms with Crippen molar-refractivity contribution < 1.29 is 0 Å². The zero-order valence-corrected chi connectivity index (χ0v) is 11.9. The summed E-state index contributed by atoms with van der Waals surface area (Å²) < 4.78 is 0. The summed E-state index contributed by atoms with van der Waals surface area (Å²) in [5.74, 6) is 0. The second-order valence-corrected chi connectivity index (χ2v) is 5.42. The normalized spacial score (nSPS) is 20.4. The zero-order chi connectivity index (χ0) is 14.0. The van der Waals surface area contributed by atoms with Crippen molar-refractivity contribution in [2.24, 2.45) is 4.99 Å². The van der Waals surface area contributed by atoms with E-state index in [0.29, 0.717) is 0 Å². The van der Waals surface area contributed by atoms with Crippen LogP contribution < -0.4 is 5.32 Å². The first-order valence-corrected chi connectivity index (χ1v) is 7.23. The molecule has 1 N–H and O–H groups in total. The number of hydrogen-bond donors (Lipinski definition) is 1. The molecule has 0 atom stereocenters. The summed E-state index contributed by atoms with van der Waals surface area (Å²) >= 11 is 0. The summed E-state index contributed by atoms with van der Waals surface area (Å²) in [5, 5.41) is 3.44. The van der Waals surface area contributed by atoms with Crippen molar-refractivity contribution >= 4 is 12.3 Å². The molecule has 1 aliphatic heterocycles. The van der Waals surface area contributed by atoms with E-state index in [1.54, 1.807) is 0 Å². The fraction of sp³-hybridized carbons (Fsp3) is 0.333. The van der Waals surface area contributed by atoms with Crippen LogP contribution in [0.25, 0.3) is 5.57 Å². The molecule has 1 aliphatic carbocycles. The lowest BCUT2D eigenvalue weighted by Gasteiger charge is -2.40. The highest BCUT2D eigenvalue weighted by molar-refractivity contribution is 5.79. The minimum absolute atomic E-state index is 0.00528. The largest absolute Gasteiger partial charge is 0.317 e. The number of nitrogens with zero attached hydrogens (tertiary/aromatic N) is 1. The van der Waals surface area contributed by atoms with Crippen molar-refractivity contribution in [1.82, 2.24) is 5.32 Å². The average molecular weight is 264 g/mol. The fourth-order valence-corrected chi connectivity index (χ4v) is 3.43. The molecule has 2 aliphatic rings. The molecule has 1 spiro atoms. The number of allylic oxidation sites excluding steroid dienone is 3. The predicted molar refractivity (Wildman–Crippen MR) is 85.0 cm³/mol. The maximum atomic E-state index is 4.33. The van der Waals surface area contributed by atoms with Crippen LogP contribution in [0.5, 0.6) is 0 Å². The minimum atomic E-state index is -0.00528. The number of fused-ring (bicyclic) bond motifs is 2. The van der Waals surface area contributed by atoms with Gasteiger partial charge in [-0.05, 0) is 50.7 Å². The summed E-state index contributed by atoms with van der Waals surface area (Å²) in [6.07, 6.45) is 6.29. The predicted octanol–water partition coefficient (Wildman–Crippen LogP) is 3.46. The molecule has 20 heavy (non-hydrogen) atoms. The van der Waals surface area contributed by atoms with E-state index in [1.807, 2.05) is 6.92 Å². The smallest absolute Gasteiger partial charge is 0.0926 e. The lowest BCUT2D eigenvalue weighted by molar-refractivity contribution is 0.352. The molecule has 0 saturated carbocycles. The number of aliphatic imine (C=N–C) groups is 1. The summed E-state index contributed by atoms with van der Waals surface area (Å²) in [7, 11) is 0. The van der Waals surface area contributed by atoms with Crippen LogP contribution >= 0.6 is 0 Å². The lowest BCUT2D eigenvalue weighted by Crippen LogP contribution is -2.42. The second-order valence-electron chi connectivity index (χ2n) is 5.42. The number of rotatable bonds is 2. The van der Waals surface area contributed by atoms with E-state index in [2.05, 4.69) is 59.2 Å². The Kier molecular flexibility index (Phi) is 3.43. The number of hydrogen-bond acceptors (Lipinski definition) is 2. The number of nitrogens with one attached hydrogen (secondary N) is 1. The van der Waals surface area contributed by atoms with Gasteiger partial charge in [-0.15, -0.1) is 0 Å². The van der Waals surface area contributed by atoms with Gasteiger partial charge in [0.1, 0.15) is 0 Å². The summed E-state index contributed by atoms with van der Waals surface area (Å²) in [4.78, 5) is 4.33. The third-order valence-corrected chi connectivity index (χ3v) is 4.39. The van der Waals surface area contributed by atoms with Crippen LogP contribution in [0.2, 0.25) is 0 Å².